The molecule has 0 atom stereocenters. The number of rotatable bonds is 5. The number of carbonyl (C=O) groups is 2. The van der Waals surface area contributed by atoms with Crippen LogP contribution in [0.4, 0.5) is 5.69 Å². The van der Waals surface area contributed by atoms with Crippen LogP contribution in [-0.2, 0) is 4.79 Å². The van der Waals surface area contributed by atoms with Crippen LogP contribution in [0, 0.1) is 5.92 Å². The molecule has 1 fully saturated rings. The zero-order valence-corrected chi connectivity index (χ0v) is 14.2. The first-order chi connectivity index (χ1) is 11.6. The van der Waals surface area contributed by atoms with E-state index in [2.05, 4.69) is 15.8 Å². The van der Waals surface area contributed by atoms with Crippen molar-refractivity contribution in [2.24, 2.45) is 11.0 Å². The molecule has 0 unspecified atom stereocenters. The average Bonchev–Trinajstić information content (AvgIpc) is 3.05. The van der Waals surface area contributed by atoms with Crippen molar-refractivity contribution in [2.45, 2.75) is 26.2 Å². The third kappa shape index (κ3) is 3.89. The normalized spacial score (nSPS) is 14.8. The highest BCUT2D eigenvalue weighted by atomic mass is 32.1. The molecule has 0 radical (unpaired) electrons. The number of thiophene rings is 1. The van der Waals surface area contributed by atoms with Crippen LogP contribution in [0.25, 0.3) is 0 Å². The van der Waals surface area contributed by atoms with Crippen molar-refractivity contribution >= 4 is 34.6 Å². The summed E-state index contributed by atoms with van der Waals surface area (Å²) in [4.78, 5) is 24.4. The molecule has 6 heteroatoms. The van der Waals surface area contributed by atoms with Crippen LogP contribution in [0.15, 0.2) is 46.9 Å². The zero-order chi connectivity index (χ0) is 16.9. The van der Waals surface area contributed by atoms with Crippen LogP contribution in [0.3, 0.4) is 0 Å². The average molecular weight is 341 g/mol. The van der Waals surface area contributed by atoms with Gasteiger partial charge in [-0.3, -0.25) is 9.59 Å². The Morgan fingerprint density at radius 2 is 1.92 bits per heavy atom. The summed E-state index contributed by atoms with van der Waals surface area (Å²) >= 11 is 1.37. The molecule has 24 heavy (non-hydrogen) atoms. The minimum atomic E-state index is -0.214. The highest BCUT2D eigenvalue weighted by Gasteiger charge is 2.25. The summed E-state index contributed by atoms with van der Waals surface area (Å²) < 4.78 is 0. The van der Waals surface area contributed by atoms with E-state index in [-0.39, 0.29) is 17.7 Å². The van der Waals surface area contributed by atoms with E-state index in [9.17, 15) is 9.59 Å². The SMILES string of the molecule is C/C(=N\NC(=O)c1cccs1)c1ccc(NC(=O)C2CCC2)cc1. The third-order valence-electron chi connectivity index (χ3n) is 4.12. The summed E-state index contributed by atoms with van der Waals surface area (Å²) in [5.74, 6) is 0.0526. The summed E-state index contributed by atoms with van der Waals surface area (Å²) in [5, 5.41) is 8.91. The first-order valence-corrected chi connectivity index (χ1v) is 8.81. The second-order valence-electron chi connectivity index (χ2n) is 5.81. The molecule has 0 saturated heterocycles. The maximum absolute atomic E-state index is 11.9. The van der Waals surface area contributed by atoms with Gasteiger partial charge in [0, 0.05) is 11.6 Å². The predicted molar refractivity (Wildman–Crippen MR) is 96.4 cm³/mol. The molecule has 1 saturated carbocycles. The Morgan fingerprint density at radius 1 is 1.17 bits per heavy atom. The van der Waals surface area contributed by atoms with Crippen molar-refractivity contribution in [3.8, 4) is 0 Å². The molecule has 0 aliphatic heterocycles. The van der Waals surface area contributed by atoms with Crippen molar-refractivity contribution in [1.29, 1.82) is 0 Å². The van der Waals surface area contributed by atoms with Gasteiger partial charge in [0.05, 0.1) is 10.6 Å². The maximum Gasteiger partial charge on any atom is 0.281 e. The van der Waals surface area contributed by atoms with E-state index >= 15 is 0 Å². The van der Waals surface area contributed by atoms with Crippen molar-refractivity contribution in [1.82, 2.24) is 5.43 Å². The Morgan fingerprint density at radius 3 is 2.50 bits per heavy atom. The standard InChI is InChI=1S/C18H19N3O2S/c1-12(20-21-18(23)16-6-3-11-24-16)13-7-9-15(10-8-13)19-17(22)14-4-2-5-14/h3,6-11,14H,2,4-5H2,1H3,(H,19,22)(H,21,23)/b20-12+. The molecule has 0 spiro atoms. The van der Waals surface area contributed by atoms with Gasteiger partial charge in [-0.25, -0.2) is 5.43 Å². The number of benzene rings is 1. The van der Waals surface area contributed by atoms with Gasteiger partial charge in [-0.15, -0.1) is 11.3 Å². The van der Waals surface area contributed by atoms with Gasteiger partial charge in [-0.1, -0.05) is 24.6 Å². The molecule has 0 bridgehead atoms. The molecule has 5 nitrogen and oxygen atoms in total. The number of hydrogen-bond donors (Lipinski definition) is 2. The fraction of sp³-hybridized carbons (Fsp3) is 0.278. The molecule has 1 aromatic heterocycles. The Balaban J connectivity index is 1.58. The van der Waals surface area contributed by atoms with Gasteiger partial charge in [0.15, 0.2) is 0 Å². The van der Waals surface area contributed by atoms with Crippen LogP contribution in [0.2, 0.25) is 0 Å². The number of anilines is 1. The van der Waals surface area contributed by atoms with E-state index in [1.165, 1.54) is 11.3 Å². The summed E-state index contributed by atoms with van der Waals surface area (Å²) in [5.41, 5.74) is 4.93. The first-order valence-electron chi connectivity index (χ1n) is 7.93. The quantitative estimate of drug-likeness (QED) is 0.644. The third-order valence-corrected chi connectivity index (χ3v) is 4.98. The van der Waals surface area contributed by atoms with Crippen molar-refractivity contribution in [3.63, 3.8) is 0 Å². The Kier molecular flexibility index (Phi) is 5.05. The smallest absolute Gasteiger partial charge is 0.281 e. The van der Waals surface area contributed by atoms with E-state index in [1.54, 1.807) is 6.07 Å². The Bertz CT molecular complexity index is 747. The lowest BCUT2D eigenvalue weighted by Crippen LogP contribution is -2.28. The van der Waals surface area contributed by atoms with Gasteiger partial charge in [-0.2, -0.15) is 5.10 Å². The van der Waals surface area contributed by atoms with E-state index in [1.807, 2.05) is 42.6 Å². The van der Waals surface area contributed by atoms with Crippen molar-refractivity contribution < 1.29 is 9.59 Å². The van der Waals surface area contributed by atoms with Gasteiger partial charge in [-0.05, 0) is 48.9 Å². The minimum Gasteiger partial charge on any atom is -0.326 e. The molecule has 124 valence electrons. The van der Waals surface area contributed by atoms with E-state index < -0.39 is 0 Å². The summed E-state index contributed by atoms with van der Waals surface area (Å²) in [6.45, 7) is 1.83. The van der Waals surface area contributed by atoms with Gasteiger partial charge >= 0.3 is 0 Å². The molecule has 1 aromatic carbocycles. The molecule has 3 rings (SSSR count). The van der Waals surface area contributed by atoms with Crippen molar-refractivity contribution in [2.75, 3.05) is 5.32 Å². The fourth-order valence-electron chi connectivity index (χ4n) is 2.37. The molecular weight excluding hydrogens is 322 g/mol. The first kappa shape index (κ1) is 16.4. The van der Waals surface area contributed by atoms with Crippen LogP contribution in [0.5, 0.6) is 0 Å². The molecule has 2 N–H and O–H groups in total. The lowest BCUT2D eigenvalue weighted by molar-refractivity contribution is -0.122. The van der Waals surface area contributed by atoms with Crippen LogP contribution < -0.4 is 10.7 Å². The second kappa shape index (κ2) is 7.40. The lowest BCUT2D eigenvalue weighted by Gasteiger charge is -2.24. The largest absolute Gasteiger partial charge is 0.326 e. The van der Waals surface area contributed by atoms with Crippen LogP contribution in [-0.4, -0.2) is 17.5 Å². The number of amides is 2. The van der Waals surface area contributed by atoms with Crippen LogP contribution in [0.1, 0.15) is 41.4 Å². The number of hydrazone groups is 1. The Labute approximate surface area is 144 Å². The van der Waals surface area contributed by atoms with Gasteiger partial charge in [0.1, 0.15) is 0 Å². The number of hydrogen-bond acceptors (Lipinski definition) is 4. The minimum absolute atomic E-state index is 0.0996. The second-order valence-corrected chi connectivity index (χ2v) is 6.76. The molecular formula is C18H19N3O2S. The maximum atomic E-state index is 11.9. The van der Waals surface area contributed by atoms with Crippen molar-refractivity contribution in [3.05, 3.63) is 52.2 Å². The van der Waals surface area contributed by atoms with E-state index in [0.717, 1.165) is 30.5 Å². The summed E-state index contributed by atoms with van der Waals surface area (Å²) in [7, 11) is 0. The Hall–Kier alpha value is -2.47. The molecule has 1 aliphatic rings. The molecule has 1 aliphatic carbocycles. The number of nitrogens with one attached hydrogen (secondary N) is 2. The summed E-state index contributed by atoms with van der Waals surface area (Å²) in [6, 6.07) is 11.0. The monoisotopic (exact) mass is 341 g/mol. The molecule has 1 heterocycles. The zero-order valence-electron chi connectivity index (χ0n) is 13.4. The highest BCUT2D eigenvalue weighted by molar-refractivity contribution is 7.12. The molecule has 2 aromatic rings. The lowest BCUT2D eigenvalue weighted by atomic mass is 9.85. The molecule has 2 amide bonds. The predicted octanol–water partition coefficient (Wildman–Crippen LogP) is 3.64. The number of nitrogens with zero attached hydrogens (tertiary/aromatic N) is 1. The summed E-state index contributed by atoms with van der Waals surface area (Å²) in [6.07, 6.45) is 3.11. The topological polar surface area (TPSA) is 70.6 Å². The fourth-order valence-corrected chi connectivity index (χ4v) is 2.99. The highest BCUT2D eigenvalue weighted by Crippen LogP contribution is 2.27. The van der Waals surface area contributed by atoms with Gasteiger partial charge in [0.25, 0.3) is 5.91 Å². The van der Waals surface area contributed by atoms with E-state index in [4.69, 9.17) is 0 Å². The van der Waals surface area contributed by atoms with Gasteiger partial charge < -0.3 is 5.32 Å². The number of carbonyl (C=O) groups excluding carboxylic acids is 2. The van der Waals surface area contributed by atoms with E-state index in [0.29, 0.717) is 10.6 Å². The van der Waals surface area contributed by atoms with Crippen LogP contribution >= 0.6 is 11.3 Å². The van der Waals surface area contributed by atoms with Gasteiger partial charge in [0.2, 0.25) is 5.91 Å².